The summed E-state index contributed by atoms with van der Waals surface area (Å²) in [6, 6.07) is 3.78. The van der Waals surface area contributed by atoms with Crippen LogP contribution in [0.25, 0.3) is 11.2 Å². The molecule has 4 amide bonds. The molecular weight excluding hydrogens is 927 g/mol. The number of aliphatic hydroxyl groups is 1. The van der Waals surface area contributed by atoms with Crippen LogP contribution in [-0.2, 0) is 41.9 Å². The molecule has 1 fully saturated rings. The number of hydrogen-bond acceptors (Lipinski definition) is 21. The molecule has 5 unspecified atom stereocenters. The summed E-state index contributed by atoms with van der Waals surface area (Å²) in [6.07, 6.45) is -0.140. The number of aromatic amines is 1. The number of rotatable bonds is 22. The molecule has 0 bridgehead atoms. The van der Waals surface area contributed by atoms with Gasteiger partial charge in [0.15, 0.2) is 23.3 Å². The van der Waals surface area contributed by atoms with Crippen LogP contribution in [0.3, 0.4) is 0 Å². The Morgan fingerprint density at radius 1 is 1.03 bits per heavy atom. The third-order valence-electron chi connectivity index (χ3n) is 9.37. The predicted octanol–water partition coefficient (Wildman–Crippen LogP) is -0.850. The van der Waals surface area contributed by atoms with Crippen molar-refractivity contribution < 1.29 is 54.0 Å². The number of aromatic nitrogens is 5. The highest BCUT2D eigenvalue weighted by Crippen LogP contribution is 2.36. The summed E-state index contributed by atoms with van der Waals surface area (Å²) in [4.78, 5) is 108. The highest BCUT2D eigenvalue weighted by Gasteiger charge is 2.29. The normalized spacial score (nSPS) is 15.7. The first-order valence-corrected chi connectivity index (χ1v) is 23.5. The van der Waals surface area contributed by atoms with Crippen molar-refractivity contribution in [2.24, 2.45) is 5.73 Å². The number of carboxylic acid groups (broad SMARTS) is 1. The Bertz CT molecular complexity index is 2460. The predicted molar refractivity (Wildman–Crippen MR) is 242 cm³/mol. The van der Waals surface area contributed by atoms with Crippen LogP contribution in [0, 0.1) is 0 Å². The van der Waals surface area contributed by atoms with E-state index in [2.05, 4.69) is 46.5 Å². The number of amides is 4. The zero-order chi connectivity index (χ0) is 48.1. The fourth-order valence-electron chi connectivity index (χ4n) is 5.89. The average Bonchev–Trinajstić information content (AvgIpc) is 3.53. The van der Waals surface area contributed by atoms with Gasteiger partial charge in [-0.3, -0.25) is 38.3 Å². The monoisotopic (exact) mass is 975 g/mol. The first kappa shape index (κ1) is 50.7. The molecule has 1 aliphatic heterocycles. The SMILES string of the molecule is CC(CCC(=O)NCC(N)C(=O)NC(CC(=O)O)C(=O)NC(C)CSc1cc(O)n(CC(=O)ON2CSSCC2O)c1O)NC(=O)c1ccc(NCc2cnc3nc(N)[nH]c(=O)c3n2)cc1. The summed E-state index contributed by atoms with van der Waals surface area (Å²) in [5, 5.41) is 54.9. The Morgan fingerprint density at radius 3 is 2.48 bits per heavy atom. The third-order valence-corrected chi connectivity index (χ3v) is 12.8. The number of thioether (sulfide) groups is 1. The number of carbonyl (C=O) groups is 6. The summed E-state index contributed by atoms with van der Waals surface area (Å²) in [5.41, 5.74) is 12.7. The second-order valence-corrected chi connectivity index (χ2v) is 18.3. The number of fused-ring (bicyclic) bond motifs is 1. The molecule has 4 aromatic rings. The lowest BCUT2D eigenvalue weighted by molar-refractivity contribution is -0.221. The Morgan fingerprint density at radius 2 is 1.77 bits per heavy atom. The number of hydrogen-bond donors (Lipinski definition) is 12. The number of anilines is 2. The van der Waals surface area contributed by atoms with E-state index in [0.717, 1.165) is 21.4 Å². The van der Waals surface area contributed by atoms with Crippen molar-refractivity contribution in [1.29, 1.82) is 0 Å². The lowest BCUT2D eigenvalue weighted by atomic mass is 10.1. The Hall–Kier alpha value is -6.33. The van der Waals surface area contributed by atoms with Crippen LogP contribution in [0.15, 0.2) is 46.2 Å². The number of nitrogen functional groups attached to an aromatic ring is 1. The standard InChI is InChI=1S/C38H49N13O12S3/c1-18(44-33(58)20-4-6-21(7-5-20)41-11-22-12-43-32-31(46-22)36(61)49-38(40)48-32)3-8-26(52)42-13-23(39)34(59)47-24(9-29(55)56)35(60)45-19(2)15-64-25-10-27(53)50(37(25)62)14-30(57)63-51-17-66-65-16-28(51)54/h4-7,10,12,18-19,23-24,28,41,53-54,62H,3,8-9,11,13-17,39H2,1-2H3,(H,42,52)(H,44,58)(H,45,60)(H,47,59)(H,55,56)(H3,40,43,48,49,61). The molecule has 0 spiro atoms. The molecular formula is C38H49N13O12S3. The van der Waals surface area contributed by atoms with Crippen molar-refractivity contribution >= 4 is 91.7 Å². The number of aliphatic carboxylic acids is 1. The number of carbonyl (C=O) groups excluding carboxylic acids is 5. The van der Waals surface area contributed by atoms with Gasteiger partial charge < -0.3 is 63.3 Å². The zero-order valence-corrected chi connectivity index (χ0v) is 37.8. The summed E-state index contributed by atoms with van der Waals surface area (Å²) < 4.78 is 0.897. The number of hydroxylamine groups is 2. The van der Waals surface area contributed by atoms with Gasteiger partial charge in [0.05, 0.1) is 35.6 Å². The molecule has 1 aromatic carbocycles. The molecule has 5 atom stereocenters. The summed E-state index contributed by atoms with van der Waals surface area (Å²) in [5.74, 6) is -5.20. The molecule has 1 aliphatic rings. The van der Waals surface area contributed by atoms with Crippen LogP contribution in [0.1, 0.15) is 49.2 Å². The second-order valence-electron chi connectivity index (χ2n) is 14.8. The number of H-pyrrole nitrogens is 1. The van der Waals surface area contributed by atoms with Gasteiger partial charge in [-0.1, -0.05) is 26.7 Å². The van der Waals surface area contributed by atoms with Gasteiger partial charge in [-0.05, 0) is 44.5 Å². The van der Waals surface area contributed by atoms with E-state index in [9.17, 15) is 54.0 Å². The van der Waals surface area contributed by atoms with Gasteiger partial charge in [-0.2, -0.15) is 4.98 Å². The van der Waals surface area contributed by atoms with E-state index in [1.165, 1.54) is 33.9 Å². The number of nitrogens with one attached hydrogen (secondary N) is 6. The maximum absolute atomic E-state index is 13.1. The van der Waals surface area contributed by atoms with Crippen LogP contribution in [-0.4, -0.2) is 140 Å². The molecule has 28 heteroatoms. The molecule has 25 nitrogen and oxygen atoms in total. The smallest absolute Gasteiger partial charge is 0.345 e. The molecule has 66 heavy (non-hydrogen) atoms. The first-order chi connectivity index (χ1) is 31.4. The van der Waals surface area contributed by atoms with Crippen molar-refractivity contribution in [3.05, 3.63) is 58.1 Å². The van der Waals surface area contributed by atoms with Crippen LogP contribution in [0.2, 0.25) is 0 Å². The topological polar surface area (TPSA) is 384 Å². The molecule has 0 saturated carbocycles. The summed E-state index contributed by atoms with van der Waals surface area (Å²) in [7, 11) is 2.78. The molecule has 3 aromatic heterocycles. The average molecular weight is 976 g/mol. The summed E-state index contributed by atoms with van der Waals surface area (Å²) in [6.45, 7) is 2.60. The van der Waals surface area contributed by atoms with Gasteiger partial charge in [0.1, 0.15) is 18.6 Å². The maximum atomic E-state index is 13.1. The molecule has 5 rings (SSSR count). The van der Waals surface area contributed by atoms with Crippen molar-refractivity contribution in [1.82, 2.24) is 50.8 Å². The maximum Gasteiger partial charge on any atom is 0.345 e. The van der Waals surface area contributed by atoms with Crippen LogP contribution in [0.4, 0.5) is 11.6 Å². The minimum atomic E-state index is -1.54. The largest absolute Gasteiger partial charge is 0.494 e. The van der Waals surface area contributed by atoms with Crippen LogP contribution >= 0.6 is 33.3 Å². The van der Waals surface area contributed by atoms with Crippen molar-refractivity contribution in [2.45, 2.75) is 81.5 Å². The van der Waals surface area contributed by atoms with Crippen LogP contribution in [0.5, 0.6) is 11.8 Å². The third kappa shape index (κ3) is 14.9. The van der Waals surface area contributed by atoms with E-state index < -0.39 is 90.3 Å². The highest BCUT2D eigenvalue weighted by atomic mass is 33.1. The molecule has 14 N–H and O–H groups in total. The van der Waals surface area contributed by atoms with Gasteiger partial charge in [0.2, 0.25) is 29.5 Å². The minimum absolute atomic E-state index is 0.0390. The quantitative estimate of drug-likeness (QED) is 0.0337. The number of nitrogens with two attached hydrogens (primary N) is 2. The Balaban J connectivity index is 0.998. The van der Waals surface area contributed by atoms with Gasteiger partial charge in [0, 0.05) is 53.9 Å². The van der Waals surface area contributed by atoms with Crippen molar-refractivity contribution in [3.63, 3.8) is 0 Å². The second kappa shape index (κ2) is 23.7. The van der Waals surface area contributed by atoms with E-state index in [0.29, 0.717) is 22.7 Å². The molecule has 0 radical (unpaired) electrons. The van der Waals surface area contributed by atoms with Gasteiger partial charge in [0.25, 0.3) is 11.5 Å². The summed E-state index contributed by atoms with van der Waals surface area (Å²) >= 11 is 1.00. The highest BCUT2D eigenvalue weighted by molar-refractivity contribution is 8.76. The van der Waals surface area contributed by atoms with Gasteiger partial charge in [-0.25, -0.2) is 14.8 Å². The van der Waals surface area contributed by atoms with Gasteiger partial charge >= 0.3 is 11.9 Å². The van der Waals surface area contributed by atoms with E-state index in [1.54, 1.807) is 38.1 Å². The van der Waals surface area contributed by atoms with E-state index >= 15 is 0 Å². The van der Waals surface area contributed by atoms with Crippen molar-refractivity contribution in [3.8, 4) is 11.8 Å². The molecule has 1 saturated heterocycles. The molecule has 356 valence electrons. The zero-order valence-electron chi connectivity index (χ0n) is 35.4. The number of aromatic hydroxyl groups is 2. The lowest BCUT2D eigenvalue weighted by Gasteiger charge is -2.28. The molecule has 4 heterocycles. The van der Waals surface area contributed by atoms with Crippen LogP contribution < -0.4 is 43.6 Å². The van der Waals surface area contributed by atoms with E-state index in [4.69, 9.17) is 16.3 Å². The first-order valence-electron chi connectivity index (χ1n) is 20.0. The fraction of sp³-hybridized carbons (Fsp3) is 0.421. The number of nitrogens with zero attached hydrogens (tertiary/aromatic N) is 5. The van der Waals surface area contributed by atoms with Gasteiger partial charge in [-0.15, -0.1) is 11.8 Å². The van der Waals surface area contributed by atoms with E-state index in [1.807, 2.05) is 0 Å². The minimum Gasteiger partial charge on any atom is -0.494 e. The Labute approximate surface area is 387 Å². The van der Waals surface area contributed by atoms with E-state index in [-0.39, 0.29) is 65.5 Å². The number of benzene rings is 1. The Kier molecular flexibility index (Phi) is 18.2. The lowest BCUT2D eigenvalue weighted by Crippen LogP contribution is -2.56. The number of aliphatic hydroxyl groups excluding tert-OH is 1. The fourth-order valence-corrected chi connectivity index (χ4v) is 8.81. The van der Waals surface area contributed by atoms with Crippen molar-refractivity contribution in [2.75, 3.05) is 35.0 Å². The number of carboxylic acids is 1. The molecule has 0 aliphatic carbocycles.